The predicted molar refractivity (Wildman–Crippen MR) is 87.3 cm³/mol. The van der Waals surface area contributed by atoms with E-state index in [0.717, 1.165) is 55.0 Å². The van der Waals surface area contributed by atoms with Gasteiger partial charge in [0.1, 0.15) is 10.9 Å². The van der Waals surface area contributed by atoms with Crippen LogP contribution in [0.4, 0.5) is 5.95 Å². The highest BCUT2D eigenvalue weighted by atomic mass is 32.1. The lowest BCUT2D eigenvalue weighted by Gasteiger charge is -2.29. The standard InChI is InChI=1S/C15H22N4OS/c1-3-7-16-15-17-13(12-6-10-21-14(12)18-15)20-11-4-8-19(2)9-5-11/h6,10-11H,3-5,7-9H2,1-2H3,(H,16,17,18). The molecule has 0 radical (unpaired) electrons. The lowest BCUT2D eigenvalue weighted by atomic mass is 10.1. The van der Waals surface area contributed by atoms with Crippen molar-refractivity contribution >= 4 is 27.5 Å². The number of fused-ring (bicyclic) bond motifs is 1. The van der Waals surface area contributed by atoms with Gasteiger partial charge >= 0.3 is 0 Å². The molecule has 3 rings (SSSR count). The van der Waals surface area contributed by atoms with Crippen molar-refractivity contribution in [2.75, 3.05) is 32.0 Å². The van der Waals surface area contributed by atoms with E-state index >= 15 is 0 Å². The molecule has 0 amide bonds. The normalized spacial score (nSPS) is 17.2. The van der Waals surface area contributed by atoms with Crippen molar-refractivity contribution in [1.29, 1.82) is 0 Å². The molecule has 0 aliphatic carbocycles. The van der Waals surface area contributed by atoms with Crippen LogP contribution in [0.5, 0.6) is 5.88 Å². The molecule has 0 spiro atoms. The van der Waals surface area contributed by atoms with Crippen LogP contribution in [0.2, 0.25) is 0 Å². The fourth-order valence-electron chi connectivity index (χ4n) is 2.49. The average molecular weight is 306 g/mol. The number of ether oxygens (including phenoxy) is 1. The second-order valence-corrected chi connectivity index (χ2v) is 6.43. The van der Waals surface area contributed by atoms with Gasteiger partial charge in [-0.1, -0.05) is 6.92 Å². The highest BCUT2D eigenvalue weighted by Crippen LogP contribution is 2.30. The minimum Gasteiger partial charge on any atom is -0.474 e. The Balaban J connectivity index is 1.80. The quantitative estimate of drug-likeness (QED) is 0.920. The zero-order valence-corrected chi connectivity index (χ0v) is 13.4. The molecule has 114 valence electrons. The number of rotatable bonds is 5. The first-order chi connectivity index (χ1) is 10.3. The monoisotopic (exact) mass is 306 g/mol. The summed E-state index contributed by atoms with van der Waals surface area (Å²) in [5.74, 6) is 1.41. The van der Waals surface area contributed by atoms with Crippen LogP contribution in [0.25, 0.3) is 10.2 Å². The van der Waals surface area contributed by atoms with E-state index in [4.69, 9.17) is 4.74 Å². The third-order valence-corrected chi connectivity index (χ3v) is 4.57. The Hall–Kier alpha value is -1.40. The largest absolute Gasteiger partial charge is 0.474 e. The molecule has 1 N–H and O–H groups in total. The fourth-order valence-corrected chi connectivity index (χ4v) is 3.25. The van der Waals surface area contributed by atoms with Crippen molar-refractivity contribution in [3.8, 4) is 5.88 Å². The number of piperidine rings is 1. The summed E-state index contributed by atoms with van der Waals surface area (Å²) in [6.45, 7) is 5.18. The topological polar surface area (TPSA) is 50.3 Å². The molecule has 0 atom stereocenters. The van der Waals surface area contributed by atoms with Crippen LogP contribution in [-0.2, 0) is 0 Å². The van der Waals surface area contributed by atoms with Gasteiger partial charge < -0.3 is 15.0 Å². The van der Waals surface area contributed by atoms with Crippen LogP contribution in [0, 0.1) is 0 Å². The SMILES string of the molecule is CCCNc1nc(OC2CCN(C)CC2)c2ccsc2n1. The van der Waals surface area contributed by atoms with Crippen LogP contribution in [0.1, 0.15) is 26.2 Å². The zero-order chi connectivity index (χ0) is 14.7. The molecular weight excluding hydrogens is 284 g/mol. The molecule has 2 aromatic rings. The molecule has 1 fully saturated rings. The summed E-state index contributed by atoms with van der Waals surface area (Å²) in [6.07, 6.45) is 3.43. The van der Waals surface area contributed by atoms with Crippen molar-refractivity contribution in [2.45, 2.75) is 32.3 Å². The molecule has 0 bridgehead atoms. The first-order valence-electron chi connectivity index (χ1n) is 7.60. The van der Waals surface area contributed by atoms with Gasteiger partial charge in [0.25, 0.3) is 0 Å². The Morgan fingerprint density at radius 3 is 2.95 bits per heavy atom. The number of likely N-dealkylation sites (tertiary alicyclic amines) is 1. The Morgan fingerprint density at radius 1 is 1.38 bits per heavy atom. The van der Waals surface area contributed by atoms with Gasteiger partial charge in [-0.3, -0.25) is 0 Å². The van der Waals surface area contributed by atoms with Crippen molar-refractivity contribution in [3.05, 3.63) is 11.4 Å². The Kier molecular flexibility index (Phi) is 4.55. The molecule has 2 aromatic heterocycles. The summed E-state index contributed by atoms with van der Waals surface area (Å²) >= 11 is 1.63. The highest BCUT2D eigenvalue weighted by molar-refractivity contribution is 7.16. The van der Waals surface area contributed by atoms with E-state index in [-0.39, 0.29) is 6.10 Å². The first kappa shape index (κ1) is 14.5. The molecule has 1 saturated heterocycles. The number of nitrogens with zero attached hydrogens (tertiary/aromatic N) is 3. The molecule has 5 nitrogen and oxygen atoms in total. The van der Waals surface area contributed by atoms with Crippen molar-refractivity contribution in [3.63, 3.8) is 0 Å². The molecule has 0 saturated carbocycles. The van der Waals surface area contributed by atoms with Gasteiger partial charge in [-0.25, -0.2) is 4.98 Å². The maximum atomic E-state index is 6.18. The summed E-state index contributed by atoms with van der Waals surface area (Å²) in [6, 6.07) is 2.05. The van der Waals surface area contributed by atoms with E-state index in [1.54, 1.807) is 11.3 Å². The van der Waals surface area contributed by atoms with Gasteiger partial charge in [0, 0.05) is 19.6 Å². The number of hydrogen-bond donors (Lipinski definition) is 1. The zero-order valence-electron chi connectivity index (χ0n) is 12.6. The van der Waals surface area contributed by atoms with Crippen molar-refractivity contribution < 1.29 is 4.74 Å². The molecule has 21 heavy (non-hydrogen) atoms. The first-order valence-corrected chi connectivity index (χ1v) is 8.48. The van der Waals surface area contributed by atoms with Gasteiger partial charge in [-0.2, -0.15) is 4.98 Å². The molecule has 1 aliphatic rings. The molecule has 0 aromatic carbocycles. The lowest BCUT2D eigenvalue weighted by molar-refractivity contribution is 0.111. The second kappa shape index (κ2) is 6.58. The molecule has 0 unspecified atom stereocenters. The van der Waals surface area contributed by atoms with Crippen molar-refractivity contribution in [2.24, 2.45) is 0 Å². The molecular formula is C15H22N4OS. The van der Waals surface area contributed by atoms with E-state index in [1.807, 2.05) is 11.4 Å². The molecule has 1 aliphatic heterocycles. The minimum atomic E-state index is 0.262. The summed E-state index contributed by atoms with van der Waals surface area (Å²) in [5, 5.41) is 6.33. The number of hydrogen-bond acceptors (Lipinski definition) is 6. The Labute approximate surface area is 129 Å². The smallest absolute Gasteiger partial charge is 0.227 e. The van der Waals surface area contributed by atoms with E-state index in [0.29, 0.717) is 5.95 Å². The van der Waals surface area contributed by atoms with E-state index in [2.05, 4.69) is 34.2 Å². The van der Waals surface area contributed by atoms with Crippen LogP contribution in [0.3, 0.4) is 0 Å². The van der Waals surface area contributed by atoms with Crippen LogP contribution in [-0.4, -0.2) is 47.7 Å². The predicted octanol–water partition coefficient (Wildman–Crippen LogP) is 2.99. The lowest BCUT2D eigenvalue weighted by Crippen LogP contribution is -2.35. The van der Waals surface area contributed by atoms with Crippen LogP contribution >= 0.6 is 11.3 Å². The van der Waals surface area contributed by atoms with E-state index < -0.39 is 0 Å². The van der Waals surface area contributed by atoms with E-state index in [9.17, 15) is 0 Å². The summed E-state index contributed by atoms with van der Waals surface area (Å²) < 4.78 is 6.18. The summed E-state index contributed by atoms with van der Waals surface area (Å²) in [7, 11) is 2.16. The maximum Gasteiger partial charge on any atom is 0.227 e. The number of anilines is 1. The second-order valence-electron chi connectivity index (χ2n) is 5.54. The highest BCUT2D eigenvalue weighted by Gasteiger charge is 2.20. The number of nitrogens with one attached hydrogen (secondary N) is 1. The van der Waals surface area contributed by atoms with Gasteiger partial charge in [0.2, 0.25) is 11.8 Å². The molecule has 6 heteroatoms. The Bertz CT molecular complexity index is 592. The van der Waals surface area contributed by atoms with Gasteiger partial charge in [-0.05, 0) is 37.8 Å². The number of thiophene rings is 1. The van der Waals surface area contributed by atoms with Gasteiger partial charge in [0.15, 0.2) is 0 Å². The van der Waals surface area contributed by atoms with Crippen LogP contribution in [0.15, 0.2) is 11.4 Å². The summed E-state index contributed by atoms with van der Waals surface area (Å²) in [4.78, 5) is 12.5. The third-order valence-electron chi connectivity index (χ3n) is 3.77. The minimum absolute atomic E-state index is 0.262. The fraction of sp³-hybridized carbons (Fsp3) is 0.600. The van der Waals surface area contributed by atoms with Crippen LogP contribution < -0.4 is 10.1 Å². The third kappa shape index (κ3) is 3.44. The average Bonchev–Trinajstić information content (AvgIpc) is 2.96. The van der Waals surface area contributed by atoms with E-state index in [1.165, 1.54) is 0 Å². The summed E-state index contributed by atoms with van der Waals surface area (Å²) in [5.41, 5.74) is 0. The maximum absolute atomic E-state index is 6.18. The van der Waals surface area contributed by atoms with Gasteiger partial charge in [-0.15, -0.1) is 11.3 Å². The van der Waals surface area contributed by atoms with Gasteiger partial charge in [0.05, 0.1) is 5.39 Å². The number of aromatic nitrogens is 2. The Morgan fingerprint density at radius 2 is 2.19 bits per heavy atom. The van der Waals surface area contributed by atoms with Crippen molar-refractivity contribution in [1.82, 2.24) is 14.9 Å². The molecule has 3 heterocycles.